The lowest BCUT2D eigenvalue weighted by atomic mass is 9.99. The Morgan fingerprint density at radius 2 is 1.57 bits per heavy atom. The second-order valence-electron chi connectivity index (χ2n) is 6.98. The highest BCUT2D eigenvalue weighted by molar-refractivity contribution is 5.90. The van der Waals surface area contributed by atoms with Crippen LogP contribution in [0.4, 0.5) is 0 Å². The number of fused-ring (bicyclic) bond motifs is 1. The molecule has 0 saturated carbocycles. The summed E-state index contributed by atoms with van der Waals surface area (Å²) in [6, 6.07) is 23.5. The number of nitrogens with zero attached hydrogens (tertiary/aromatic N) is 1. The molecule has 0 fully saturated rings. The van der Waals surface area contributed by atoms with E-state index in [0.29, 0.717) is 16.8 Å². The maximum absolute atomic E-state index is 12.7. The summed E-state index contributed by atoms with van der Waals surface area (Å²) in [7, 11) is 0. The Morgan fingerprint density at radius 1 is 0.833 bits per heavy atom. The van der Waals surface area contributed by atoms with Gasteiger partial charge in [0.05, 0.1) is 12.5 Å². The molecule has 30 heavy (non-hydrogen) atoms. The second-order valence-corrected chi connectivity index (χ2v) is 6.98. The molecule has 0 radical (unpaired) electrons. The summed E-state index contributed by atoms with van der Waals surface area (Å²) in [5.74, 6) is 0.622. The number of furan rings is 1. The van der Waals surface area contributed by atoms with Crippen molar-refractivity contribution in [2.45, 2.75) is 6.54 Å². The van der Waals surface area contributed by atoms with Crippen molar-refractivity contribution in [1.82, 2.24) is 9.55 Å². The summed E-state index contributed by atoms with van der Waals surface area (Å²) in [4.78, 5) is 30.7. The van der Waals surface area contributed by atoms with Crippen molar-refractivity contribution in [3.63, 3.8) is 0 Å². The normalized spacial score (nSPS) is 11.1. The Labute approximate surface area is 171 Å². The standard InChI is InChI=1S/C24H17N3O3/c28-23-21-20(18-10-8-17(9-11-18)16-5-2-1-3-6-16)12-13-25-22(21)27(24(29)26-23)15-19-7-4-14-30-19/h1-14H,15H2,(H,26,28,29)/p+1. The third kappa shape index (κ3) is 3.14. The Bertz CT molecular complexity index is 1430. The maximum Gasteiger partial charge on any atom is 0.416 e. The Balaban J connectivity index is 1.65. The lowest BCUT2D eigenvalue weighted by Crippen LogP contribution is -2.34. The van der Waals surface area contributed by atoms with Gasteiger partial charge in [-0.3, -0.25) is 9.78 Å². The van der Waals surface area contributed by atoms with Gasteiger partial charge < -0.3 is 4.42 Å². The van der Waals surface area contributed by atoms with Crippen LogP contribution in [0.25, 0.3) is 33.3 Å². The molecule has 3 aromatic heterocycles. The molecule has 6 nitrogen and oxygen atoms in total. The number of hydrogen-bond acceptors (Lipinski definition) is 3. The zero-order valence-electron chi connectivity index (χ0n) is 16.0. The van der Waals surface area contributed by atoms with Crippen LogP contribution in [0.2, 0.25) is 0 Å². The van der Waals surface area contributed by atoms with Gasteiger partial charge in [0.25, 0.3) is 11.2 Å². The average Bonchev–Trinajstić information content (AvgIpc) is 3.30. The predicted octanol–water partition coefficient (Wildman–Crippen LogP) is 3.48. The topological polar surface area (TPSA) is 82.1 Å². The van der Waals surface area contributed by atoms with Gasteiger partial charge in [-0.05, 0) is 34.9 Å². The summed E-state index contributed by atoms with van der Waals surface area (Å²) >= 11 is 0. The fourth-order valence-electron chi connectivity index (χ4n) is 3.68. The summed E-state index contributed by atoms with van der Waals surface area (Å²) in [6.07, 6.45) is 3.29. The van der Waals surface area contributed by atoms with Crippen LogP contribution in [0.15, 0.2) is 99.3 Å². The molecule has 2 aromatic carbocycles. The molecule has 0 bridgehead atoms. The van der Waals surface area contributed by atoms with Crippen molar-refractivity contribution < 1.29 is 9.40 Å². The smallest absolute Gasteiger partial charge is 0.416 e. The zero-order valence-corrected chi connectivity index (χ0v) is 16.0. The lowest BCUT2D eigenvalue weighted by molar-refractivity contribution is -0.349. The van der Waals surface area contributed by atoms with Gasteiger partial charge in [-0.1, -0.05) is 54.6 Å². The molecule has 5 aromatic rings. The van der Waals surface area contributed by atoms with Crippen molar-refractivity contribution >= 4 is 11.0 Å². The van der Waals surface area contributed by atoms with Gasteiger partial charge >= 0.3 is 5.69 Å². The Morgan fingerprint density at radius 3 is 2.30 bits per heavy atom. The van der Waals surface area contributed by atoms with Crippen LogP contribution in [0.5, 0.6) is 0 Å². The molecule has 0 atom stereocenters. The lowest BCUT2D eigenvalue weighted by Gasteiger charge is -2.07. The molecule has 0 amide bonds. The number of pyridine rings is 1. The highest BCUT2D eigenvalue weighted by atomic mass is 16.3. The molecule has 0 aliphatic carbocycles. The third-order valence-corrected chi connectivity index (χ3v) is 5.14. The molecule has 0 spiro atoms. The van der Waals surface area contributed by atoms with Gasteiger partial charge in [-0.15, -0.1) is 0 Å². The summed E-state index contributed by atoms with van der Waals surface area (Å²) in [6.45, 7) is 0.214. The van der Waals surface area contributed by atoms with E-state index in [1.807, 2.05) is 48.5 Å². The quantitative estimate of drug-likeness (QED) is 0.505. The van der Waals surface area contributed by atoms with Crippen LogP contribution >= 0.6 is 0 Å². The van der Waals surface area contributed by atoms with Crippen LogP contribution in [0, 0.1) is 0 Å². The van der Waals surface area contributed by atoms with Crippen molar-refractivity contribution in [3.05, 3.63) is 112 Å². The maximum atomic E-state index is 12.7. The van der Waals surface area contributed by atoms with E-state index in [-0.39, 0.29) is 6.54 Å². The SMILES string of the molecule is O=c1[nH]c(=O)n(Cc2ccco2)c2[nH+]ccc(-c3ccc(-c4ccccc4)cc3)c12. The highest BCUT2D eigenvalue weighted by Crippen LogP contribution is 2.27. The molecule has 2 N–H and O–H groups in total. The van der Waals surface area contributed by atoms with Crippen molar-refractivity contribution in [2.75, 3.05) is 0 Å². The van der Waals surface area contributed by atoms with Gasteiger partial charge in [0.1, 0.15) is 11.1 Å². The number of H-pyrrole nitrogens is 2. The number of nitrogens with one attached hydrogen (secondary N) is 2. The first-order valence-electron chi connectivity index (χ1n) is 9.56. The van der Waals surface area contributed by atoms with Crippen molar-refractivity contribution in [1.29, 1.82) is 0 Å². The number of benzene rings is 2. The van der Waals surface area contributed by atoms with Crippen LogP contribution in [-0.4, -0.2) is 9.55 Å². The molecule has 0 aliphatic heterocycles. The minimum absolute atomic E-state index is 0.214. The molecule has 6 heteroatoms. The molecule has 0 aliphatic rings. The van der Waals surface area contributed by atoms with Crippen LogP contribution < -0.4 is 16.2 Å². The zero-order chi connectivity index (χ0) is 20.5. The van der Waals surface area contributed by atoms with Gasteiger partial charge in [0.2, 0.25) is 0 Å². The first-order chi connectivity index (χ1) is 14.7. The van der Waals surface area contributed by atoms with Crippen LogP contribution in [-0.2, 0) is 6.54 Å². The summed E-state index contributed by atoms with van der Waals surface area (Å²) < 4.78 is 6.85. The van der Waals surface area contributed by atoms with Crippen molar-refractivity contribution in [2.24, 2.45) is 0 Å². The summed E-state index contributed by atoms with van der Waals surface area (Å²) in [5.41, 5.74) is 3.39. The van der Waals surface area contributed by atoms with E-state index in [1.54, 1.807) is 24.6 Å². The first-order valence-corrected chi connectivity index (χ1v) is 9.56. The number of rotatable bonds is 4. The molecule has 3 heterocycles. The molecule has 0 unspecified atom stereocenters. The predicted molar refractivity (Wildman–Crippen MR) is 114 cm³/mol. The number of aromatic amines is 2. The van der Waals surface area contributed by atoms with Gasteiger partial charge in [0, 0.05) is 5.56 Å². The average molecular weight is 396 g/mol. The van der Waals surface area contributed by atoms with Gasteiger partial charge in [-0.2, -0.15) is 4.57 Å². The van der Waals surface area contributed by atoms with E-state index in [0.717, 1.165) is 22.3 Å². The fraction of sp³-hybridized carbons (Fsp3) is 0.0417. The second kappa shape index (κ2) is 7.33. The molecule has 146 valence electrons. The largest absolute Gasteiger partial charge is 0.465 e. The van der Waals surface area contributed by atoms with E-state index >= 15 is 0 Å². The number of hydrogen-bond donors (Lipinski definition) is 1. The highest BCUT2D eigenvalue weighted by Gasteiger charge is 2.20. The van der Waals surface area contributed by atoms with Crippen LogP contribution in [0.1, 0.15) is 5.76 Å². The van der Waals surface area contributed by atoms with Gasteiger partial charge in [0.15, 0.2) is 6.54 Å². The van der Waals surface area contributed by atoms with Crippen LogP contribution in [0.3, 0.4) is 0 Å². The molecule has 0 saturated heterocycles. The van der Waals surface area contributed by atoms with E-state index in [1.165, 1.54) is 4.57 Å². The van der Waals surface area contributed by atoms with E-state index in [2.05, 4.69) is 22.1 Å². The Kier molecular flexibility index (Phi) is 4.37. The minimum Gasteiger partial charge on any atom is -0.465 e. The Hall–Kier alpha value is -4.19. The van der Waals surface area contributed by atoms with Crippen molar-refractivity contribution in [3.8, 4) is 22.3 Å². The summed E-state index contributed by atoms with van der Waals surface area (Å²) in [5, 5.41) is 0.427. The van der Waals surface area contributed by atoms with E-state index in [9.17, 15) is 9.59 Å². The fourth-order valence-corrected chi connectivity index (χ4v) is 3.68. The van der Waals surface area contributed by atoms with E-state index in [4.69, 9.17) is 4.42 Å². The molecular formula is C24H18N3O3+. The van der Waals surface area contributed by atoms with Gasteiger partial charge in [-0.25, -0.2) is 9.78 Å². The monoisotopic (exact) mass is 396 g/mol. The molecular weight excluding hydrogens is 378 g/mol. The first kappa shape index (κ1) is 17.9. The molecule has 5 rings (SSSR count). The minimum atomic E-state index is -0.489. The number of aromatic nitrogens is 3. The third-order valence-electron chi connectivity index (χ3n) is 5.14. The van der Waals surface area contributed by atoms with E-state index < -0.39 is 11.2 Å².